The largest absolute Gasteiger partial charge is 0.497 e. The molecule has 0 fully saturated rings. The summed E-state index contributed by atoms with van der Waals surface area (Å²) < 4.78 is 18.6. The van der Waals surface area contributed by atoms with Crippen molar-refractivity contribution in [3.05, 3.63) is 29.6 Å². The fraction of sp³-hybridized carbons (Fsp3) is 0.462. The Labute approximate surface area is 101 Å². The molecule has 0 radical (unpaired) electrons. The summed E-state index contributed by atoms with van der Waals surface area (Å²) in [7, 11) is 1.44. The Morgan fingerprint density at radius 2 is 2.00 bits per heavy atom. The third kappa shape index (κ3) is 3.03. The molecule has 0 saturated heterocycles. The molecular weight excluding hydrogens is 221 g/mol. The second kappa shape index (κ2) is 4.84. The fourth-order valence-electron chi connectivity index (χ4n) is 1.38. The molecule has 0 amide bonds. The molecule has 2 N–H and O–H groups in total. The third-order valence-corrected chi connectivity index (χ3v) is 2.66. The lowest BCUT2D eigenvalue weighted by molar-refractivity contribution is 0.0897. The highest BCUT2D eigenvalue weighted by atomic mass is 19.1. The van der Waals surface area contributed by atoms with Crippen LogP contribution in [0.4, 0.5) is 4.39 Å². The number of hydrogen-bond donors (Lipinski definition) is 1. The molecule has 0 saturated carbocycles. The van der Waals surface area contributed by atoms with E-state index in [4.69, 9.17) is 10.5 Å². The molecule has 17 heavy (non-hydrogen) atoms. The average molecular weight is 239 g/mol. The van der Waals surface area contributed by atoms with E-state index in [1.54, 1.807) is 6.07 Å². The lowest BCUT2D eigenvalue weighted by atomic mass is 9.83. The Balaban J connectivity index is 3.05. The van der Waals surface area contributed by atoms with Gasteiger partial charge in [0.1, 0.15) is 11.6 Å². The molecule has 1 rings (SSSR count). The predicted molar refractivity (Wildman–Crippen MR) is 64.7 cm³/mol. The van der Waals surface area contributed by atoms with Crippen molar-refractivity contribution >= 4 is 5.78 Å². The van der Waals surface area contributed by atoms with Gasteiger partial charge in [-0.2, -0.15) is 0 Å². The normalized spacial score (nSPS) is 13.3. The van der Waals surface area contributed by atoms with E-state index in [2.05, 4.69) is 0 Å². The van der Waals surface area contributed by atoms with E-state index in [9.17, 15) is 9.18 Å². The minimum absolute atomic E-state index is 0.00762. The second-order valence-corrected chi connectivity index (χ2v) is 5.05. The van der Waals surface area contributed by atoms with Crippen molar-refractivity contribution in [1.29, 1.82) is 0 Å². The topological polar surface area (TPSA) is 52.3 Å². The van der Waals surface area contributed by atoms with Crippen LogP contribution < -0.4 is 10.5 Å². The first-order chi connectivity index (χ1) is 7.77. The first kappa shape index (κ1) is 13.6. The highest BCUT2D eigenvalue weighted by molar-refractivity contribution is 6.00. The van der Waals surface area contributed by atoms with Crippen LogP contribution in [0.3, 0.4) is 0 Å². The number of ether oxygens (including phenoxy) is 1. The quantitative estimate of drug-likeness (QED) is 0.824. The Kier molecular flexibility index (Phi) is 3.88. The minimum Gasteiger partial charge on any atom is -0.497 e. The van der Waals surface area contributed by atoms with E-state index in [-0.39, 0.29) is 5.56 Å². The summed E-state index contributed by atoms with van der Waals surface area (Å²) >= 11 is 0. The van der Waals surface area contributed by atoms with Gasteiger partial charge in [-0.15, -0.1) is 0 Å². The lowest BCUT2D eigenvalue weighted by Gasteiger charge is -2.25. The maximum absolute atomic E-state index is 13.7. The van der Waals surface area contributed by atoms with Crippen molar-refractivity contribution in [3.8, 4) is 5.75 Å². The van der Waals surface area contributed by atoms with E-state index in [0.29, 0.717) is 5.75 Å². The first-order valence-electron chi connectivity index (χ1n) is 5.40. The SMILES string of the molecule is COc1ccc(C(=O)C(N)C(C)(C)C)c(F)c1. The number of benzene rings is 1. The number of rotatable bonds is 3. The summed E-state index contributed by atoms with van der Waals surface area (Å²) in [5, 5.41) is 0. The molecular formula is C13H18FNO2. The molecule has 0 bridgehead atoms. The maximum Gasteiger partial charge on any atom is 0.182 e. The number of methoxy groups -OCH3 is 1. The zero-order chi connectivity index (χ0) is 13.2. The van der Waals surface area contributed by atoms with Gasteiger partial charge in [0.2, 0.25) is 0 Å². The van der Waals surface area contributed by atoms with Crippen LogP contribution in [0.25, 0.3) is 0 Å². The zero-order valence-corrected chi connectivity index (χ0v) is 10.6. The molecule has 4 heteroatoms. The van der Waals surface area contributed by atoms with Crippen LogP contribution in [0.2, 0.25) is 0 Å². The Bertz CT molecular complexity index is 424. The zero-order valence-electron chi connectivity index (χ0n) is 10.6. The lowest BCUT2D eigenvalue weighted by Crippen LogP contribution is -2.42. The molecule has 94 valence electrons. The molecule has 1 aromatic rings. The van der Waals surface area contributed by atoms with Crippen molar-refractivity contribution in [2.75, 3.05) is 7.11 Å². The minimum atomic E-state index is -0.731. The Morgan fingerprint density at radius 1 is 1.41 bits per heavy atom. The number of hydrogen-bond acceptors (Lipinski definition) is 3. The van der Waals surface area contributed by atoms with E-state index in [1.165, 1.54) is 19.2 Å². The number of ketones is 1. The molecule has 0 spiro atoms. The number of halogens is 1. The molecule has 0 aromatic heterocycles. The maximum atomic E-state index is 13.7. The van der Waals surface area contributed by atoms with Gasteiger partial charge in [-0.05, 0) is 17.5 Å². The summed E-state index contributed by atoms with van der Waals surface area (Å²) in [6, 6.07) is 3.40. The van der Waals surface area contributed by atoms with E-state index < -0.39 is 23.1 Å². The summed E-state index contributed by atoms with van der Waals surface area (Å²) in [6.07, 6.45) is 0. The van der Waals surface area contributed by atoms with Gasteiger partial charge in [0, 0.05) is 6.07 Å². The third-order valence-electron chi connectivity index (χ3n) is 2.66. The molecule has 3 nitrogen and oxygen atoms in total. The van der Waals surface area contributed by atoms with Crippen molar-refractivity contribution in [2.24, 2.45) is 11.1 Å². The Morgan fingerprint density at radius 3 is 2.41 bits per heavy atom. The highest BCUT2D eigenvalue weighted by Crippen LogP contribution is 2.23. The van der Waals surface area contributed by atoms with Crippen LogP contribution >= 0.6 is 0 Å². The van der Waals surface area contributed by atoms with Gasteiger partial charge < -0.3 is 10.5 Å². The summed E-state index contributed by atoms with van der Waals surface area (Å²) in [4.78, 5) is 12.0. The molecule has 1 unspecified atom stereocenters. The second-order valence-electron chi connectivity index (χ2n) is 5.05. The van der Waals surface area contributed by atoms with Crippen LogP contribution in [0.15, 0.2) is 18.2 Å². The van der Waals surface area contributed by atoms with Crippen LogP contribution in [-0.4, -0.2) is 18.9 Å². The van der Waals surface area contributed by atoms with Crippen LogP contribution in [-0.2, 0) is 0 Å². The van der Waals surface area contributed by atoms with Crippen molar-refractivity contribution < 1.29 is 13.9 Å². The van der Waals surface area contributed by atoms with Gasteiger partial charge in [0.15, 0.2) is 5.78 Å². The van der Waals surface area contributed by atoms with Gasteiger partial charge in [0.25, 0.3) is 0 Å². The van der Waals surface area contributed by atoms with Crippen LogP contribution in [0, 0.1) is 11.2 Å². The standard InChI is InChI=1S/C13H18FNO2/c1-13(2,3)12(15)11(16)9-6-5-8(17-4)7-10(9)14/h5-7,12H,15H2,1-4H3. The molecule has 0 aliphatic heterocycles. The van der Waals surface area contributed by atoms with Gasteiger partial charge in [-0.25, -0.2) is 4.39 Å². The van der Waals surface area contributed by atoms with Crippen LogP contribution in [0.5, 0.6) is 5.75 Å². The highest BCUT2D eigenvalue weighted by Gasteiger charge is 2.29. The van der Waals surface area contributed by atoms with Gasteiger partial charge in [0.05, 0.1) is 18.7 Å². The molecule has 0 aliphatic carbocycles. The summed E-state index contributed by atoms with van der Waals surface area (Å²) in [5.41, 5.74) is 5.43. The van der Waals surface area contributed by atoms with Gasteiger partial charge in [-0.1, -0.05) is 20.8 Å². The van der Waals surface area contributed by atoms with Gasteiger partial charge in [-0.3, -0.25) is 4.79 Å². The fourth-order valence-corrected chi connectivity index (χ4v) is 1.38. The molecule has 1 atom stereocenters. The van der Waals surface area contributed by atoms with E-state index in [1.807, 2.05) is 20.8 Å². The average Bonchev–Trinajstić information content (AvgIpc) is 2.25. The van der Waals surface area contributed by atoms with E-state index >= 15 is 0 Å². The van der Waals surface area contributed by atoms with Crippen molar-refractivity contribution in [2.45, 2.75) is 26.8 Å². The summed E-state index contributed by atoms with van der Waals surface area (Å²) in [6.45, 7) is 5.53. The van der Waals surface area contributed by atoms with Crippen molar-refractivity contribution in [1.82, 2.24) is 0 Å². The number of carbonyl (C=O) groups excluding carboxylic acids is 1. The van der Waals surface area contributed by atoms with Crippen molar-refractivity contribution in [3.63, 3.8) is 0 Å². The van der Waals surface area contributed by atoms with E-state index in [0.717, 1.165) is 0 Å². The number of carbonyl (C=O) groups is 1. The Hall–Kier alpha value is -1.42. The molecule has 0 aliphatic rings. The monoisotopic (exact) mass is 239 g/mol. The number of nitrogens with two attached hydrogens (primary N) is 1. The molecule has 1 aromatic carbocycles. The number of Topliss-reactive ketones (excluding diaryl/α,β-unsaturated/α-hetero) is 1. The first-order valence-corrected chi connectivity index (χ1v) is 5.40. The molecule has 0 heterocycles. The van der Waals surface area contributed by atoms with Crippen LogP contribution in [0.1, 0.15) is 31.1 Å². The smallest absolute Gasteiger partial charge is 0.182 e. The predicted octanol–water partition coefficient (Wildman–Crippen LogP) is 2.39. The van der Waals surface area contributed by atoms with Gasteiger partial charge >= 0.3 is 0 Å². The summed E-state index contributed by atoms with van der Waals surface area (Å²) in [5.74, 6) is -0.616.